The van der Waals surface area contributed by atoms with Gasteiger partial charge in [0.15, 0.2) is 0 Å². The molecule has 1 atom stereocenters. The molecule has 2 heterocycles. The molecule has 0 spiro atoms. The zero-order valence-corrected chi connectivity index (χ0v) is 11.4. The SMILES string of the molecule is NS(=O)(=O)C1CC(=O)N(c2ccc3ncsc3c2)C1. The summed E-state index contributed by atoms with van der Waals surface area (Å²) in [7, 11) is -3.68. The second-order valence-corrected chi connectivity index (χ2v) is 7.15. The lowest BCUT2D eigenvalue weighted by molar-refractivity contribution is -0.117. The Morgan fingerprint density at radius 1 is 1.42 bits per heavy atom. The Morgan fingerprint density at radius 3 is 2.89 bits per heavy atom. The smallest absolute Gasteiger partial charge is 0.228 e. The fraction of sp³-hybridized carbons (Fsp3) is 0.273. The van der Waals surface area contributed by atoms with Gasteiger partial charge in [0.2, 0.25) is 15.9 Å². The number of aromatic nitrogens is 1. The average molecular weight is 297 g/mol. The van der Waals surface area contributed by atoms with E-state index in [4.69, 9.17) is 5.14 Å². The topological polar surface area (TPSA) is 93.4 Å². The first-order valence-electron chi connectivity index (χ1n) is 5.60. The maximum atomic E-state index is 11.9. The number of rotatable bonds is 2. The molecule has 19 heavy (non-hydrogen) atoms. The highest BCUT2D eigenvalue weighted by Crippen LogP contribution is 2.28. The number of hydrogen-bond acceptors (Lipinski definition) is 5. The number of carbonyl (C=O) groups is 1. The molecule has 100 valence electrons. The highest BCUT2D eigenvalue weighted by atomic mass is 32.2. The van der Waals surface area contributed by atoms with Crippen LogP contribution in [0.1, 0.15) is 6.42 Å². The Morgan fingerprint density at radius 2 is 2.21 bits per heavy atom. The van der Waals surface area contributed by atoms with E-state index in [9.17, 15) is 13.2 Å². The minimum Gasteiger partial charge on any atom is -0.311 e. The number of primary sulfonamides is 1. The van der Waals surface area contributed by atoms with Crippen molar-refractivity contribution in [3.05, 3.63) is 23.7 Å². The van der Waals surface area contributed by atoms with Crippen molar-refractivity contribution in [3.8, 4) is 0 Å². The van der Waals surface area contributed by atoms with E-state index in [0.717, 1.165) is 10.2 Å². The predicted molar refractivity (Wildman–Crippen MR) is 73.5 cm³/mol. The average Bonchev–Trinajstić information content (AvgIpc) is 2.92. The van der Waals surface area contributed by atoms with Gasteiger partial charge in [-0.25, -0.2) is 18.5 Å². The van der Waals surface area contributed by atoms with Crippen LogP contribution >= 0.6 is 11.3 Å². The standard InChI is InChI=1S/C11H11N3O3S2/c12-19(16,17)8-4-11(15)14(5-8)7-1-2-9-10(3-7)18-6-13-9/h1-3,6,8H,4-5H2,(H2,12,16,17). The molecule has 1 amide bonds. The van der Waals surface area contributed by atoms with Gasteiger partial charge in [-0.15, -0.1) is 11.3 Å². The first-order valence-corrected chi connectivity index (χ1v) is 8.09. The summed E-state index contributed by atoms with van der Waals surface area (Å²) in [5, 5.41) is 4.28. The molecule has 0 saturated carbocycles. The van der Waals surface area contributed by atoms with Crippen LogP contribution in [-0.4, -0.2) is 31.1 Å². The second kappa shape index (κ2) is 4.26. The lowest BCUT2D eigenvalue weighted by Gasteiger charge is -2.16. The zero-order chi connectivity index (χ0) is 13.6. The molecule has 3 rings (SSSR count). The van der Waals surface area contributed by atoms with Gasteiger partial charge < -0.3 is 4.90 Å². The number of fused-ring (bicyclic) bond motifs is 1. The van der Waals surface area contributed by atoms with Gasteiger partial charge >= 0.3 is 0 Å². The maximum absolute atomic E-state index is 11.9. The third-order valence-corrected chi connectivity index (χ3v) is 5.22. The number of sulfonamides is 1. The van der Waals surface area contributed by atoms with Crippen LogP contribution in [-0.2, 0) is 14.8 Å². The van der Waals surface area contributed by atoms with Crippen LogP contribution in [0.25, 0.3) is 10.2 Å². The van der Waals surface area contributed by atoms with Crippen molar-refractivity contribution < 1.29 is 13.2 Å². The Kier molecular flexibility index (Phi) is 2.80. The van der Waals surface area contributed by atoms with Crippen molar-refractivity contribution in [1.82, 2.24) is 4.98 Å². The summed E-state index contributed by atoms with van der Waals surface area (Å²) in [5.74, 6) is -0.220. The van der Waals surface area contributed by atoms with Crippen molar-refractivity contribution in [2.45, 2.75) is 11.7 Å². The van der Waals surface area contributed by atoms with E-state index in [0.29, 0.717) is 5.69 Å². The summed E-state index contributed by atoms with van der Waals surface area (Å²) in [4.78, 5) is 17.5. The summed E-state index contributed by atoms with van der Waals surface area (Å²) in [5.41, 5.74) is 3.28. The third-order valence-electron chi connectivity index (χ3n) is 3.18. The van der Waals surface area contributed by atoms with E-state index in [2.05, 4.69) is 4.98 Å². The van der Waals surface area contributed by atoms with E-state index in [1.807, 2.05) is 12.1 Å². The highest BCUT2D eigenvalue weighted by Gasteiger charge is 2.37. The van der Waals surface area contributed by atoms with Crippen LogP contribution in [0.4, 0.5) is 5.69 Å². The molecule has 1 aromatic heterocycles. The molecule has 2 aromatic rings. The number of amides is 1. The van der Waals surface area contributed by atoms with Gasteiger partial charge in [-0.2, -0.15) is 0 Å². The fourth-order valence-electron chi connectivity index (χ4n) is 2.16. The fourth-order valence-corrected chi connectivity index (χ4v) is 3.60. The van der Waals surface area contributed by atoms with Crippen LogP contribution in [0, 0.1) is 0 Å². The van der Waals surface area contributed by atoms with Crippen molar-refractivity contribution in [1.29, 1.82) is 0 Å². The molecule has 1 aromatic carbocycles. The molecular formula is C11H11N3O3S2. The molecular weight excluding hydrogens is 286 g/mol. The monoisotopic (exact) mass is 297 g/mol. The van der Waals surface area contributed by atoms with Crippen molar-refractivity contribution in [3.63, 3.8) is 0 Å². The highest BCUT2D eigenvalue weighted by molar-refractivity contribution is 7.89. The molecule has 0 radical (unpaired) electrons. The van der Waals surface area contributed by atoms with Crippen molar-refractivity contribution >= 4 is 43.2 Å². The van der Waals surface area contributed by atoms with Crippen LogP contribution < -0.4 is 10.0 Å². The van der Waals surface area contributed by atoms with Gasteiger partial charge in [0.1, 0.15) is 5.25 Å². The minimum atomic E-state index is -3.68. The van der Waals surface area contributed by atoms with Crippen LogP contribution in [0.5, 0.6) is 0 Å². The largest absolute Gasteiger partial charge is 0.311 e. The molecule has 6 nitrogen and oxygen atoms in total. The zero-order valence-electron chi connectivity index (χ0n) is 9.81. The quantitative estimate of drug-likeness (QED) is 0.882. The number of anilines is 1. The third kappa shape index (κ3) is 2.22. The predicted octanol–water partition coefficient (Wildman–Crippen LogP) is 0.690. The normalized spacial score (nSPS) is 20.4. The number of nitrogens with two attached hydrogens (primary N) is 1. The van der Waals surface area contributed by atoms with Gasteiger partial charge in [0, 0.05) is 18.7 Å². The van der Waals surface area contributed by atoms with Crippen LogP contribution in [0.15, 0.2) is 23.7 Å². The Hall–Kier alpha value is -1.51. The Balaban J connectivity index is 1.96. The second-order valence-electron chi connectivity index (χ2n) is 4.42. The molecule has 1 fully saturated rings. The summed E-state index contributed by atoms with van der Waals surface area (Å²) >= 11 is 1.48. The van der Waals surface area contributed by atoms with E-state index >= 15 is 0 Å². The lowest BCUT2D eigenvalue weighted by Crippen LogP contribution is -2.32. The van der Waals surface area contributed by atoms with Crippen LogP contribution in [0.2, 0.25) is 0 Å². The molecule has 1 unspecified atom stereocenters. The Bertz CT molecular complexity index is 753. The molecule has 1 aliphatic rings. The minimum absolute atomic E-state index is 0.0560. The summed E-state index contributed by atoms with van der Waals surface area (Å²) in [6, 6.07) is 5.43. The molecule has 0 bridgehead atoms. The molecule has 0 aliphatic carbocycles. The van der Waals surface area contributed by atoms with Crippen molar-refractivity contribution in [2.24, 2.45) is 5.14 Å². The summed E-state index contributed by atoms with van der Waals surface area (Å²) in [6.07, 6.45) is -0.0560. The van der Waals surface area contributed by atoms with Gasteiger partial charge in [-0.3, -0.25) is 4.79 Å². The van der Waals surface area contributed by atoms with E-state index in [-0.39, 0.29) is 18.9 Å². The number of carbonyl (C=O) groups excluding carboxylic acids is 1. The van der Waals surface area contributed by atoms with Crippen molar-refractivity contribution in [2.75, 3.05) is 11.4 Å². The number of hydrogen-bond donors (Lipinski definition) is 1. The number of benzene rings is 1. The Labute approximate surface area is 113 Å². The van der Waals surface area contributed by atoms with Gasteiger partial charge in [-0.05, 0) is 18.2 Å². The summed E-state index contributed by atoms with van der Waals surface area (Å²) < 4.78 is 23.6. The maximum Gasteiger partial charge on any atom is 0.228 e. The first kappa shape index (κ1) is 12.5. The molecule has 1 aliphatic heterocycles. The van der Waals surface area contributed by atoms with E-state index < -0.39 is 15.3 Å². The van der Waals surface area contributed by atoms with Crippen LogP contribution in [0.3, 0.4) is 0 Å². The van der Waals surface area contributed by atoms with E-state index in [1.54, 1.807) is 11.6 Å². The number of nitrogens with zero attached hydrogens (tertiary/aromatic N) is 2. The first-order chi connectivity index (χ1) is 8.95. The molecule has 8 heteroatoms. The van der Waals surface area contributed by atoms with Gasteiger partial charge in [-0.1, -0.05) is 0 Å². The van der Waals surface area contributed by atoms with E-state index in [1.165, 1.54) is 16.2 Å². The summed E-state index contributed by atoms with van der Waals surface area (Å²) in [6.45, 7) is 0.113. The van der Waals surface area contributed by atoms with Gasteiger partial charge in [0.05, 0.1) is 15.7 Å². The lowest BCUT2D eigenvalue weighted by atomic mass is 10.3. The number of thiazole rings is 1. The van der Waals surface area contributed by atoms with Gasteiger partial charge in [0.25, 0.3) is 0 Å². The molecule has 2 N–H and O–H groups in total. The molecule has 1 saturated heterocycles.